The van der Waals surface area contributed by atoms with Gasteiger partial charge < -0.3 is 20.7 Å². The second-order valence-corrected chi connectivity index (χ2v) is 8.06. The summed E-state index contributed by atoms with van der Waals surface area (Å²) in [6.45, 7) is 17.7. The summed E-state index contributed by atoms with van der Waals surface area (Å²) in [6.07, 6.45) is 0. The third-order valence-corrected chi connectivity index (χ3v) is 5.69. The maximum atomic E-state index is 11.9. The number of likely N-dealkylation sites (N-methyl/N-ethyl adjacent to an activating group) is 2. The summed E-state index contributed by atoms with van der Waals surface area (Å²) in [5.41, 5.74) is 9.89. The van der Waals surface area contributed by atoms with Gasteiger partial charge in [0.25, 0.3) is 0 Å². The normalized spacial score (nSPS) is 10.0. The van der Waals surface area contributed by atoms with Crippen molar-refractivity contribution in [2.24, 2.45) is 0 Å². The number of hydrogen-bond donors (Lipinski definition) is 2. The number of ether oxygens (including phenoxy) is 1. The molecule has 1 amide bonds. The van der Waals surface area contributed by atoms with Crippen molar-refractivity contribution in [3.8, 4) is 0 Å². The number of rotatable bonds is 11. The number of halogens is 2. The van der Waals surface area contributed by atoms with Gasteiger partial charge in [-0.05, 0) is 75.4 Å². The van der Waals surface area contributed by atoms with Crippen LogP contribution in [0.5, 0.6) is 0 Å². The molecule has 36 heavy (non-hydrogen) atoms. The quantitative estimate of drug-likeness (QED) is 0.300. The van der Waals surface area contributed by atoms with E-state index in [2.05, 4.69) is 42.8 Å². The number of esters is 1. The van der Waals surface area contributed by atoms with Crippen LogP contribution in [0.15, 0.2) is 42.5 Å². The van der Waals surface area contributed by atoms with Crippen molar-refractivity contribution in [2.75, 3.05) is 56.9 Å². The summed E-state index contributed by atoms with van der Waals surface area (Å²) in [5, 5.41) is 3.00. The Kier molecular flexibility index (Phi) is 19.7. The minimum absolute atomic E-state index is 0. The summed E-state index contributed by atoms with van der Waals surface area (Å²) in [4.78, 5) is 27.8. The van der Waals surface area contributed by atoms with Gasteiger partial charge in [0.1, 0.15) is 6.61 Å². The molecule has 0 fully saturated rings. The first kappa shape index (κ1) is 35.8. The van der Waals surface area contributed by atoms with Crippen LogP contribution in [0.3, 0.4) is 0 Å². The zero-order valence-corrected chi connectivity index (χ0v) is 24.1. The van der Waals surface area contributed by atoms with Crippen LogP contribution in [-0.4, -0.2) is 67.6 Å². The van der Waals surface area contributed by atoms with Crippen LogP contribution in [0.25, 0.3) is 0 Å². The summed E-state index contributed by atoms with van der Waals surface area (Å²) in [7, 11) is 0. The Balaban J connectivity index is 0. The van der Waals surface area contributed by atoms with Gasteiger partial charge in [0.05, 0.1) is 12.1 Å². The number of nitrogens with zero attached hydrogens (tertiary/aromatic N) is 2. The fourth-order valence-corrected chi connectivity index (χ4v) is 3.35. The lowest BCUT2D eigenvalue weighted by atomic mass is 10.1. The molecule has 0 unspecified atom stereocenters. The minimum Gasteiger partial charge on any atom is -0.461 e. The van der Waals surface area contributed by atoms with Gasteiger partial charge in [-0.2, -0.15) is 0 Å². The van der Waals surface area contributed by atoms with E-state index in [1.807, 2.05) is 32.0 Å². The van der Waals surface area contributed by atoms with Crippen LogP contribution in [0.2, 0.25) is 0 Å². The molecule has 0 saturated carbocycles. The van der Waals surface area contributed by atoms with Crippen molar-refractivity contribution in [2.45, 2.75) is 41.5 Å². The van der Waals surface area contributed by atoms with Crippen LogP contribution < -0.4 is 11.1 Å². The maximum absolute atomic E-state index is 11.9. The molecule has 0 bridgehead atoms. The number of carbonyl (C=O) groups is 2. The molecule has 0 aliphatic rings. The van der Waals surface area contributed by atoms with E-state index in [4.69, 9.17) is 10.5 Å². The van der Waals surface area contributed by atoms with E-state index >= 15 is 0 Å². The second kappa shape index (κ2) is 19.8. The summed E-state index contributed by atoms with van der Waals surface area (Å²) < 4.78 is 5.18. The number of nitrogen functional groups attached to an aromatic ring is 1. The predicted molar refractivity (Wildman–Crippen MR) is 156 cm³/mol. The lowest BCUT2D eigenvalue weighted by Gasteiger charge is -2.18. The molecule has 3 N–H and O–H groups in total. The van der Waals surface area contributed by atoms with Crippen molar-refractivity contribution in [1.82, 2.24) is 9.80 Å². The largest absolute Gasteiger partial charge is 0.461 e. The number of hydrogen-bond acceptors (Lipinski definition) is 6. The lowest BCUT2D eigenvalue weighted by molar-refractivity contribution is -0.117. The average molecular weight is 544 g/mol. The second-order valence-electron chi connectivity index (χ2n) is 8.06. The Morgan fingerprint density at radius 1 is 0.833 bits per heavy atom. The van der Waals surface area contributed by atoms with Gasteiger partial charge in [0, 0.05) is 17.9 Å². The molecule has 0 saturated heterocycles. The van der Waals surface area contributed by atoms with E-state index in [1.165, 1.54) is 0 Å². The average Bonchev–Trinajstić information content (AvgIpc) is 2.83. The first-order valence-electron chi connectivity index (χ1n) is 12.1. The van der Waals surface area contributed by atoms with E-state index in [1.54, 1.807) is 24.3 Å². The first-order chi connectivity index (χ1) is 16.2. The highest BCUT2D eigenvalue weighted by Gasteiger charge is 2.10. The molecular formula is C27H44Cl2N4O3. The zero-order valence-electron chi connectivity index (χ0n) is 22.5. The molecule has 204 valence electrons. The SMILES string of the molecule is CCN(CC)CC(=O)Nc1c(C)cccc1C.CCN(CC)CCOC(=O)c1ccc(N)cc1.Cl.Cl. The van der Waals surface area contributed by atoms with Crippen molar-refractivity contribution >= 4 is 48.1 Å². The number of aryl methyl sites for hydroxylation is 2. The van der Waals surface area contributed by atoms with E-state index in [9.17, 15) is 9.59 Å². The molecule has 9 heteroatoms. The smallest absolute Gasteiger partial charge is 0.338 e. The number of carbonyl (C=O) groups excluding carboxylic acids is 2. The molecule has 2 rings (SSSR count). The Labute approximate surface area is 229 Å². The van der Waals surface area contributed by atoms with Crippen LogP contribution >= 0.6 is 24.8 Å². The molecule has 0 aliphatic heterocycles. The van der Waals surface area contributed by atoms with Crippen LogP contribution in [0.1, 0.15) is 49.2 Å². The molecule has 0 aliphatic carbocycles. The summed E-state index contributed by atoms with van der Waals surface area (Å²) in [5.74, 6) is -0.233. The fourth-order valence-electron chi connectivity index (χ4n) is 3.35. The molecule has 2 aromatic carbocycles. The van der Waals surface area contributed by atoms with E-state index < -0.39 is 0 Å². The lowest BCUT2D eigenvalue weighted by Crippen LogP contribution is -2.33. The number of nitrogens with one attached hydrogen (secondary N) is 1. The first-order valence-corrected chi connectivity index (χ1v) is 12.1. The van der Waals surface area contributed by atoms with E-state index in [-0.39, 0.29) is 36.7 Å². The number of para-hydroxylation sites is 1. The molecule has 0 aromatic heterocycles. The van der Waals surface area contributed by atoms with Crippen LogP contribution in [0.4, 0.5) is 11.4 Å². The van der Waals surface area contributed by atoms with Crippen LogP contribution in [0, 0.1) is 13.8 Å². The molecule has 7 nitrogen and oxygen atoms in total. The van der Waals surface area contributed by atoms with Gasteiger partial charge in [-0.3, -0.25) is 9.69 Å². The summed E-state index contributed by atoms with van der Waals surface area (Å²) >= 11 is 0. The number of benzene rings is 2. The maximum Gasteiger partial charge on any atom is 0.338 e. The molecule has 0 heterocycles. The minimum atomic E-state index is -0.294. The number of amides is 1. The van der Waals surface area contributed by atoms with E-state index in [0.717, 1.165) is 49.5 Å². The molecule has 0 spiro atoms. The fraction of sp³-hybridized carbons (Fsp3) is 0.481. The molecule has 2 aromatic rings. The third-order valence-electron chi connectivity index (χ3n) is 5.69. The van der Waals surface area contributed by atoms with Crippen molar-refractivity contribution < 1.29 is 14.3 Å². The van der Waals surface area contributed by atoms with Crippen molar-refractivity contribution in [3.05, 3.63) is 59.2 Å². The number of anilines is 2. The third kappa shape index (κ3) is 13.1. The van der Waals surface area contributed by atoms with Gasteiger partial charge in [0.15, 0.2) is 0 Å². The van der Waals surface area contributed by atoms with Crippen LogP contribution in [-0.2, 0) is 9.53 Å². The standard InChI is InChI=1S/C14H22N2O.C13H20N2O2.2ClH/c1-5-16(6-2)10-13(17)15-14-11(3)8-7-9-12(14)4;1-3-15(4-2)9-10-17-13(16)11-5-7-12(14)8-6-11;;/h7-9H,5-6,10H2,1-4H3,(H,15,17);5-8H,3-4,9-10,14H2,1-2H3;2*1H. The highest BCUT2D eigenvalue weighted by molar-refractivity contribution is 5.93. The highest BCUT2D eigenvalue weighted by atomic mass is 35.5. The van der Waals surface area contributed by atoms with Gasteiger partial charge in [-0.25, -0.2) is 4.79 Å². The highest BCUT2D eigenvalue weighted by Crippen LogP contribution is 2.19. The van der Waals surface area contributed by atoms with E-state index in [0.29, 0.717) is 24.4 Å². The topological polar surface area (TPSA) is 87.9 Å². The van der Waals surface area contributed by atoms with Gasteiger partial charge in [-0.1, -0.05) is 45.9 Å². The predicted octanol–water partition coefficient (Wildman–Crippen LogP) is 5.19. The Hall–Kier alpha value is -2.32. The Morgan fingerprint density at radius 2 is 1.33 bits per heavy atom. The zero-order chi connectivity index (χ0) is 25.5. The molecular weight excluding hydrogens is 499 g/mol. The van der Waals surface area contributed by atoms with Crippen molar-refractivity contribution in [3.63, 3.8) is 0 Å². The van der Waals surface area contributed by atoms with Gasteiger partial charge >= 0.3 is 5.97 Å². The van der Waals surface area contributed by atoms with Gasteiger partial charge in [-0.15, -0.1) is 24.8 Å². The molecule has 0 atom stereocenters. The Morgan fingerprint density at radius 3 is 1.81 bits per heavy atom. The monoisotopic (exact) mass is 542 g/mol. The Bertz CT molecular complexity index is 867. The van der Waals surface area contributed by atoms with Gasteiger partial charge in [0.2, 0.25) is 5.91 Å². The number of nitrogens with two attached hydrogens (primary N) is 1. The summed E-state index contributed by atoms with van der Waals surface area (Å²) in [6, 6.07) is 12.8. The van der Waals surface area contributed by atoms with Crippen molar-refractivity contribution in [1.29, 1.82) is 0 Å². The molecule has 0 radical (unpaired) electrons.